The Morgan fingerprint density at radius 1 is 0.600 bits per heavy atom. The van der Waals surface area contributed by atoms with Crippen molar-refractivity contribution in [2.45, 2.75) is 56.4 Å². The summed E-state index contributed by atoms with van der Waals surface area (Å²) >= 11 is 0. The van der Waals surface area contributed by atoms with Crippen molar-refractivity contribution in [3.63, 3.8) is 0 Å². The van der Waals surface area contributed by atoms with Crippen LogP contribution in [-0.4, -0.2) is 112 Å². The normalized spacial score (nSPS) is 21.9. The lowest BCUT2D eigenvalue weighted by Crippen LogP contribution is -2.62. The van der Waals surface area contributed by atoms with Gasteiger partial charge in [0, 0.05) is 19.7 Å². The van der Waals surface area contributed by atoms with Crippen molar-refractivity contribution in [1.82, 2.24) is 0 Å². The van der Waals surface area contributed by atoms with Crippen molar-refractivity contribution in [2.24, 2.45) is 0 Å². The predicted molar refractivity (Wildman–Crippen MR) is 117 cm³/mol. The summed E-state index contributed by atoms with van der Waals surface area (Å²) in [5.41, 5.74) is 0. The Balaban J connectivity index is 3.28. The smallest absolute Gasteiger partial charge is 0.313 e. The van der Waals surface area contributed by atoms with E-state index < -0.39 is 133 Å². The molecule has 0 spiro atoms. The first kappa shape index (κ1) is 33.4. The monoisotopic (exact) mass is 584 g/mol. The highest BCUT2D eigenvalue weighted by molar-refractivity contribution is 5.72. The second-order valence-corrected chi connectivity index (χ2v) is 7.84. The number of carbonyl (C=O) groups is 4. The molecule has 22 nitrogen and oxygen atoms in total. The summed E-state index contributed by atoms with van der Waals surface area (Å²) in [6, 6.07) is 0. The number of aliphatic hydroxyl groups is 1. The highest BCUT2D eigenvalue weighted by Gasteiger charge is 2.52. The van der Waals surface area contributed by atoms with Crippen molar-refractivity contribution in [3.05, 3.63) is 40.5 Å². The number of nitrogens with zero attached hydrogens (tertiary/aromatic N) is 4. The van der Waals surface area contributed by atoms with E-state index >= 15 is 0 Å². The van der Waals surface area contributed by atoms with E-state index in [4.69, 9.17) is 23.7 Å². The van der Waals surface area contributed by atoms with Crippen molar-refractivity contribution in [2.75, 3.05) is 32.8 Å². The summed E-state index contributed by atoms with van der Waals surface area (Å²) in [7, 11) is 0. The van der Waals surface area contributed by atoms with Crippen LogP contribution in [0.5, 0.6) is 0 Å². The van der Waals surface area contributed by atoms with Crippen LogP contribution in [0, 0.1) is 40.5 Å². The van der Waals surface area contributed by atoms with E-state index in [1.165, 1.54) is 0 Å². The molecular weight excluding hydrogens is 560 g/mol. The summed E-state index contributed by atoms with van der Waals surface area (Å²) < 4.78 is 25.1. The molecule has 0 aromatic heterocycles. The number of hydrogen-bond acceptors (Lipinski definition) is 18. The number of hydrogen-bond donors (Lipinski definition) is 1. The summed E-state index contributed by atoms with van der Waals surface area (Å²) in [6.07, 6.45) is -13.2. The molecule has 0 aromatic carbocycles. The first-order valence-electron chi connectivity index (χ1n) is 11.2. The second kappa shape index (κ2) is 16.4. The van der Waals surface area contributed by atoms with E-state index in [1.54, 1.807) is 0 Å². The molecule has 0 aliphatic carbocycles. The molecule has 22 heteroatoms. The molecule has 1 fully saturated rings. The lowest BCUT2D eigenvalue weighted by atomic mass is 9.98. The van der Waals surface area contributed by atoms with Gasteiger partial charge in [0.05, 0.1) is 0 Å². The van der Waals surface area contributed by atoms with Crippen molar-refractivity contribution in [1.29, 1.82) is 0 Å². The molecule has 0 unspecified atom stereocenters. The van der Waals surface area contributed by atoms with Gasteiger partial charge in [-0.3, -0.25) is 59.6 Å². The summed E-state index contributed by atoms with van der Waals surface area (Å²) in [5, 5.41) is 52.7. The minimum Gasteiger partial charge on any atom is -0.463 e. The van der Waals surface area contributed by atoms with Crippen molar-refractivity contribution in [3.8, 4) is 0 Å². The number of aliphatic hydroxyl groups excluding tert-OH is 1. The highest BCUT2D eigenvalue weighted by Crippen LogP contribution is 2.29. The van der Waals surface area contributed by atoms with Crippen LogP contribution in [0.2, 0.25) is 0 Å². The van der Waals surface area contributed by atoms with Crippen LogP contribution < -0.4 is 0 Å². The Labute approximate surface area is 222 Å². The van der Waals surface area contributed by atoms with Crippen LogP contribution in [0.15, 0.2) is 0 Å². The average molecular weight is 584 g/mol. The fourth-order valence-corrected chi connectivity index (χ4v) is 3.04. The van der Waals surface area contributed by atoms with Crippen LogP contribution in [0.3, 0.4) is 0 Å². The molecule has 0 aromatic rings. The lowest BCUT2D eigenvalue weighted by Gasteiger charge is -2.42. The van der Waals surface area contributed by atoms with Crippen LogP contribution in [-0.2, 0) is 42.9 Å². The quantitative estimate of drug-likeness (QED) is 0.0809. The molecule has 1 rings (SSSR count). The lowest BCUT2D eigenvalue weighted by molar-refractivity contribution is -0.479. The molecule has 40 heavy (non-hydrogen) atoms. The number of carbonyl (C=O) groups excluding carboxylic acids is 4. The standard InChI is InChI=1S/C18H24N4O18/c23-11(1-5-19(28)29)36-9-10-15(38-12(24)2-6-20(30)31)16(39-13(25)3-7-21(32)33)17(18(27)37-10)40-14(26)4-8-22(34)35/h10,15-18,27H,1-9H2/t10-,15-,16+,17-,18+/m1/s1. The van der Waals surface area contributed by atoms with E-state index in [1.807, 2.05) is 0 Å². The fourth-order valence-electron chi connectivity index (χ4n) is 3.04. The zero-order chi connectivity index (χ0) is 30.4. The maximum absolute atomic E-state index is 12.3. The molecular formula is C18H24N4O18. The topological polar surface area (TPSA) is 307 Å². The Morgan fingerprint density at radius 2 is 0.950 bits per heavy atom. The van der Waals surface area contributed by atoms with Crippen molar-refractivity contribution < 1.29 is 67.7 Å². The summed E-state index contributed by atoms with van der Waals surface area (Å²) in [5.74, 6) is -5.06. The predicted octanol–water partition coefficient (Wildman–Crippen LogP) is -2.35. The van der Waals surface area contributed by atoms with E-state index in [0.29, 0.717) is 0 Å². The largest absolute Gasteiger partial charge is 0.463 e. The molecule has 1 aliphatic heterocycles. The minimum absolute atomic E-state index is 0.703. The third kappa shape index (κ3) is 12.8. The third-order valence-electron chi connectivity index (χ3n) is 4.81. The van der Waals surface area contributed by atoms with E-state index in [0.717, 1.165) is 0 Å². The molecule has 0 amide bonds. The average Bonchev–Trinajstić information content (AvgIpc) is 2.86. The molecule has 1 aliphatic rings. The van der Waals surface area contributed by atoms with Crippen LogP contribution in [0.4, 0.5) is 0 Å². The zero-order valence-corrected chi connectivity index (χ0v) is 20.4. The Kier molecular flexibility index (Phi) is 13.7. The van der Waals surface area contributed by atoms with Crippen LogP contribution >= 0.6 is 0 Å². The SMILES string of the molecule is O=C(CC[N+](=O)[O-])OC[C@H]1O[C@H](O)[C@H](OC(=O)CC[N+](=O)[O-])[C@@H](OC(=O)CC[N+](=O)[O-])[C@@H]1OC(=O)CC[N+](=O)[O-]. The third-order valence-corrected chi connectivity index (χ3v) is 4.81. The first-order chi connectivity index (χ1) is 18.7. The van der Waals surface area contributed by atoms with Gasteiger partial charge in [0.1, 0.15) is 38.4 Å². The Hall–Kier alpha value is -4.60. The second-order valence-electron chi connectivity index (χ2n) is 7.84. The van der Waals surface area contributed by atoms with Gasteiger partial charge in [-0.25, -0.2) is 0 Å². The zero-order valence-electron chi connectivity index (χ0n) is 20.4. The maximum Gasteiger partial charge on any atom is 0.313 e. The number of rotatable bonds is 17. The molecule has 0 radical (unpaired) electrons. The molecule has 1 N–H and O–H groups in total. The van der Waals surface area contributed by atoms with E-state index in [2.05, 4.69) is 0 Å². The van der Waals surface area contributed by atoms with Crippen LogP contribution in [0.1, 0.15) is 25.7 Å². The molecule has 224 valence electrons. The maximum atomic E-state index is 12.3. The van der Waals surface area contributed by atoms with Gasteiger partial charge in [-0.1, -0.05) is 0 Å². The van der Waals surface area contributed by atoms with Gasteiger partial charge >= 0.3 is 23.9 Å². The van der Waals surface area contributed by atoms with Gasteiger partial charge in [-0.15, -0.1) is 0 Å². The van der Waals surface area contributed by atoms with Gasteiger partial charge in [0.15, 0.2) is 24.6 Å². The van der Waals surface area contributed by atoms with Gasteiger partial charge < -0.3 is 28.8 Å². The number of ether oxygens (including phenoxy) is 5. The molecule has 1 heterocycles. The van der Waals surface area contributed by atoms with Crippen LogP contribution in [0.25, 0.3) is 0 Å². The van der Waals surface area contributed by atoms with Gasteiger partial charge in [-0.05, 0) is 0 Å². The van der Waals surface area contributed by atoms with E-state index in [-0.39, 0.29) is 0 Å². The molecule has 5 atom stereocenters. The molecule has 0 saturated carbocycles. The summed E-state index contributed by atoms with van der Waals surface area (Å²) in [4.78, 5) is 87.3. The van der Waals surface area contributed by atoms with Gasteiger partial charge in [-0.2, -0.15) is 0 Å². The fraction of sp³-hybridized carbons (Fsp3) is 0.778. The Morgan fingerprint density at radius 3 is 1.35 bits per heavy atom. The molecule has 1 saturated heterocycles. The van der Waals surface area contributed by atoms with Gasteiger partial charge in [0.2, 0.25) is 26.2 Å². The summed E-state index contributed by atoms with van der Waals surface area (Å²) in [6.45, 7) is -4.46. The van der Waals surface area contributed by atoms with E-state index in [9.17, 15) is 64.7 Å². The van der Waals surface area contributed by atoms with Gasteiger partial charge in [0.25, 0.3) is 0 Å². The number of esters is 4. The molecule has 0 bridgehead atoms. The number of nitro groups is 4. The van der Waals surface area contributed by atoms with Crippen molar-refractivity contribution >= 4 is 23.9 Å². The first-order valence-corrected chi connectivity index (χ1v) is 11.2. The highest BCUT2D eigenvalue weighted by atomic mass is 16.7. The Bertz CT molecular complexity index is 988. The minimum atomic E-state index is -2.22.